The molecule has 5 nitrogen and oxygen atoms in total. The maximum Gasteiger partial charge on any atom is 0.267 e. The molecule has 0 unspecified atom stereocenters. The molecular formula is C26H30F2N4O. The zero-order valence-electron chi connectivity index (χ0n) is 19.2. The summed E-state index contributed by atoms with van der Waals surface area (Å²) in [6.07, 6.45) is 2.72. The number of alkyl halides is 2. The molecule has 0 saturated heterocycles. The van der Waals surface area contributed by atoms with Gasteiger partial charge in [0, 0.05) is 25.5 Å². The van der Waals surface area contributed by atoms with Crippen molar-refractivity contribution >= 4 is 11.7 Å². The number of hydrogen-bond acceptors (Lipinski definition) is 3. The van der Waals surface area contributed by atoms with Gasteiger partial charge in [-0.25, -0.2) is 13.5 Å². The highest BCUT2D eigenvalue weighted by Crippen LogP contribution is 2.43. The van der Waals surface area contributed by atoms with Gasteiger partial charge in [0.2, 0.25) is 5.91 Å². The maximum atomic E-state index is 14.5. The number of aryl methyl sites for hydroxylation is 2. The number of hydrogen-bond donors (Lipinski definition) is 2. The van der Waals surface area contributed by atoms with E-state index in [0.29, 0.717) is 17.9 Å². The minimum atomic E-state index is -2.95. The Hall–Kier alpha value is -3.22. The van der Waals surface area contributed by atoms with E-state index in [4.69, 9.17) is 0 Å². The second-order valence-electron chi connectivity index (χ2n) is 8.90. The Balaban J connectivity index is 1.53. The van der Waals surface area contributed by atoms with Crippen molar-refractivity contribution in [3.05, 3.63) is 82.5 Å². The van der Waals surface area contributed by atoms with E-state index in [0.717, 1.165) is 30.0 Å². The molecule has 2 atom stereocenters. The summed E-state index contributed by atoms with van der Waals surface area (Å²) in [4.78, 5) is 12.6. The van der Waals surface area contributed by atoms with Crippen molar-refractivity contribution in [1.82, 2.24) is 15.1 Å². The van der Waals surface area contributed by atoms with Crippen molar-refractivity contribution in [3.8, 4) is 0 Å². The highest BCUT2D eigenvalue weighted by Gasteiger charge is 2.42. The van der Waals surface area contributed by atoms with Gasteiger partial charge in [0.1, 0.15) is 11.9 Å². The number of rotatable bonds is 7. The topological polar surface area (TPSA) is 59.0 Å². The molecule has 0 fully saturated rings. The number of benzene rings is 2. The van der Waals surface area contributed by atoms with Crippen LogP contribution in [0.3, 0.4) is 0 Å². The molecular weight excluding hydrogens is 422 g/mol. The second kappa shape index (κ2) is 9.33. The van der Waals surface area contributed by atoms with Crippen LogP contribution in [0.15, 0.2) is 54.7 Å². The summed E-state index contributed by atoms with van der Waals surface area (Å²) in [5.74, 6) is -2.64. The smallest absolute Gasteiger partial charge is 0.267 e. The van der Waals surface area contributed by atoms with Crippen LogP contribution in [0.5, 0.6) is 0 Å². The van der Waals surface area contributed by atoms with Crippen molar-refractivity contribution in [1.29, 1.82) is 0 Å². The molecule has 4 rings (SSSR count). The average Bonchev–Trinajstić information content (AvgIpc) is 3.20. The molecule has 0 spiro atoms. The Bertz CT molecular complexity index is 1100. The van der Waals surface area contributed by atoms with Gasteiger partial charge < -0.3 is 10.6 Å². The zero-order chi connectivity index (χ0) is 23.6. The zero-order valence-corrected chi connectivity index (χ0v) is 19.2. The van der Waals surface area contributed by atoms with E-state index < -0.39 is 12.0 Å². The van der Waals surface area contributed by atoms with Crippen LogP contribution >= 0.6 is 0 Å². The van der Waals surface area contributed by atoms with Crippen molar-refractivity contribution in [2.45, 2.75) is 64.6 Å². The van der Waals surface area contributed by atoms with Gasteiger partial charge in [-0.2, -0.15) is 5.10 Å². The molecule has 0 aliphatic carbocycles. The first-order chi connectivity index (χ1) is 15.7. The SMILES string of the molecule is CCc1ccc([C@H]2C[C@@H](C(C)(F)F)n3ncc(CC(=O)NCc4ccc(C)cc4)c3N2)cc1. The molecule has 1 amide bonds. The van der Waals surface area contributed by atoms with Crippen molar-refractivity contribution in [2.24, 2.45) is 0 Å². The lowest BCUT2D eigenvalue weighted by Crippen LogP contribution is -2.36. The van der Waals surface area contributed by atoms with Crippen LogP contribution in [0.4, 0.5) is 14.6 Å². The predicted molar refractivity (Wildman–Crippen MR) is 125 cm³/mol. The van der Waals surface area contributed by atoms with Gasteiger partial charge in [0.05, 0.1) is 18.7 Å². The summed E-state index contributed by atoms with van der Waals surface area (Å²) < 4.78 is 30.4. The van der Waals surface area contributed by atoms with Gasteiger partial charge >= 0.3 is 0 Å². The second-order valence-corrected chi connectivity index (χ2v) is 8.90. The number of fused-ring (bicyclic) bond motifs is 1. The standard InChI is InChI=1S/C26H30F2N4O/c1-4-18-9-11-20(12-10-18)22-14-23(26(3,27)28)32-25(31-22)21(16-30-32)13-24(33)29-15-19-7-5-17(2)6-8-19/h5-12,16,22-23,31H,4,13-15H2,1-3H3,(H,29,33)/t22-,23+/m1/s1. The molecule has 7 heteroatoms. The molecule has 3 aromatic rings. The summed E-state index contributed by atoms with van der Waals surface area (Å²) in [5.41, 5.74) is 4.92. The van der Waals surface area contributed by atoms with Gasteiger partial charge in [0.15, 0.2) is 0 Å². The molecule has 0 bridgehead atoms. The molecule has 174 valence electrons. The van der Waals surface area contributed by atoms with E-state index in [-0.39, 0.29) is 24.8 Å². The minimum Gasteiger partial charge on any atom is -0.363 e. The van der Waals surface area contributed by atoms with Crippen LogP contribution in [0.25, 0.3) is 0 Å². The van der Waals surface area contributed by atoms with Gasteiger partial charge in [-0.05, 0) is 30.0 Å². The lowest BCUT2D eigenvalue weighted by molar-refractivity contribution is -0.120. The fraction of sp³-hybridized carbons (Fsp3) is 0.385. The Morgan fingerprint density at radius 2 is 1.82 bits per heavy atom. The molecule has 0 saturated carbocycles. The number of carbonyl (C=O) groups excluding carboxylic acids is 1. The molecule has 2 aromatic carbocycles. The summed E-state index contributed by atoms with van der Waals surface area (Å²) >= 11 is 0. The van der Waals surface area contributed by atoms with E-state index in [1.807, 2.05) is 55.5 Å². The van der Waals surface area contributed by atoms with Crippen LogP contribution in [0.1, 0.15) is 60.2 Å². The van der Waals surface area contributed by atoms with Crippen molar-refractivity contribution in [2.75, 3.05) is 5.32 Å². The number of amides is 1. The molecule has 1 aromatic heterocycles. The maximum absolute atomic E-state index is 14.5. The number of aromatic nitrogens is 2. The summed E-state index contributed by atoms with van der Waals surface area (Å²) in [6.45, 7) is 5.44. The Morgan fingerprint density at radius 1 is 1.15 bits per heavy atom. The van der Waals surface area contributed by atoms with Crippen LogP contribution in [0.2, 0.25) is 0 Å². The molecule has 0 radical (unpaired) electrons. The third-order valence-electron chi connectivity index (χ3n) is 6.27. The monoisotopic (exact) mass is 452 g/mol. The Kier molecular flexibility index (Phi) is 6.49. The highest BCUT2D eigenvalue weighted by atomic mass is 19.3. The van der Waals surface area contributed by atoms with Crippen LogP contribution in [-0.4, -0.2) is 21.6 Å². The summed E-state index contributed by atoms with van der Waals surface area (Å²) in [6, 6.07) is 14.6. The first kappa shape index (κ1) is 23.0. The van der Waals surface area contributed by atoms with E-state index >= 15 is 0 Å². The third-order valence-corrected chi connectivity index (χ3v) is 6.27. The van der Waals surface area contributed by atoms with Gasteiger partial charge in [-0.3, -0.25) is 4.79 Å². The average molecular weight is 453 g/mol. The van der Waals surface area contributed by atoms with Crippen LogP contribution in [0, 0.1) is 6.92 Å². The van der Waals surface area contributed by atoms with E-state index in [1.54, 1.807) is 0 Å². The molecule has 2 N–H and O–H groups in total. The number of carbonyl (C=O) groups is 1. The summed E-state index contributed by atoms with van der Waals surface area (Å²) in [5, 5.41) is 10.5. The molecule has 2 heterocycles. The largest absolute Gasteiger partial charge is 0.363 e. The fourth-order valence-electron chi connectivity index (χ4n) is 4.24. The number of nitrogens with one attached hydrogen (secondary N) is 2. The van der Waals surface area contributed by atoms with E-state index in [2.05, 4.69) is 22.7 Å². The molecule has 33 heavy (non-hydrogen) atoms. The first-order valence-corrected chi connectivity index (χ1v) is 11.4. The van der Waals surface area contributed by atoms with Gasteiger partial charge in [0.25, 0.3) is 5.92 Å². The fourth-order valence-corrected chi connectivity index (χ4v) is 4.24. The first-order valence-electron chi connectivity index (χ1n) is 11.4. The quantitative estimate of drug-likeness (QED) is 0.507. The lowest BCUT2D eigenvalue weighted by atomic mass is 9.93. The Morgan fingerprint density at radius 3 is 2.45 bits per heavy atom. The highest BCUT2D eigenvalue weighted by molar-refractivity contribution is 5.80. The van der Waals surface area contributed by atoms with E-state index in [9.17, 15) is 13.6 Å². The minimum absolute atomic E-state index is 0.0672. The molecule has 1 aliphatic heterocycles. The molecule has 1 aliphatic rings. The van der Waals surface area contributed by atoms with Crippen LogP contribution < -0.4 is 10.6 Å². The Labute approximate surface area is 193 Å². The normalized spacial score (nSPS) is 17.8. The van der Waals surface area contributed by atoms with E-state index in [1.165, 1.54) is 16.4 Å². The van der Waals surface area contributed by atoms with Crippen molar-refractivity contribution < 1.29 is 13.6 Å². The van der Waals surface area contributed by atoms with Gasteiger partial charge in [-0.15, -0.1) is 0 Å². The van der Waals surface area contributed by atoms with Gasteiger partial charge in [-0.1, -0.05) is 61.0 Å². The third kappa shape index (κ3) is 5.24. The van der Waals surface area contributed by atoms with Crippen molar-refractivity contribution in [3.63, 3.8) is 0 Å². The predicted octanol–water partition coefficient (Wildman–Crippen LogP) is 5.37. The summed E-state index contributed by atoms with van der Waals surface area (Å²) in [7, 11) is 0. The number of halogens is 2. The number of nitrogens with zero attached hydrogens (tertiary/aromatic N) is 2. The number of anilines is 1. The lowest BCUT2D eigenvalue weighted by Gasteiger charge is -2.36. The van der Waals surface area contributed by atoms with Crippen LogP contribution in [-0.2, 0) is 24.2 Å².